The van der Waals surface area contributed by atoms with E-state index >= 15 is 0 Å². The Morgan fingerprint density at radius 3 is 2.47 bits per heavy atom. The number of carbonyl (C=O) groups is 1. The number of aromatic hydroxyl groups is 1. The van der Waals surface area contributed by atoms with Crippen molar-refractivity contribution < 1.29 is 19.4 Å². The summed E-state index contributed by atoms with van der Waals surface area (Å²) in [5.74, 6) is -2.63. The first kappa shape index (κ1) is 13.7. The van der Waals surface area contributed by atoms with Crippen LogP contribution in [0.5, 0.6) is 5.75 Å². The summed E-state index contributed by atoms with van der Waals surface area (Å²) < 4.78 is 13.1. The maximum absolute atomic E-state index is 13.1. The minimum atomic E-state index is -1.32. The van der Waals surface area contributed by atoms with Crippen LogP contribution in [0.2, 0.25) is 0 Å². The molecule has 0 fully saturated rings. The van der Waals surface area contributed by atoms with Crippen LogP contribution in [0.3, 0.4) is 0 Å². The zero-order valence-electron chi connectivity index (χ0n) is 7.90. The van der Waals surface area contributed by atoms with Gasteiger partial charge in [-0.05, 0) is 19.1 Å². The lowest BCUT2D eigenvalue weighted by atomic mass is 10.0. The second-order valence-electron chi connectivity index (χ2n) is 2.95. The third kappa shape index (κ3) is 2.57. The van der Waals surface area contributed by atoms with E-state index in [4.69, 9.17) is 10.8 Å². The zero-order chi connectivity index (χ0) is 10.9. The van der Waals surface area contributed by atoms with Crippen LogP contribution in [0, 0.1) is 5.82 Å². The SMILES string of the molecule is C[C@@H](N)c1c(F)ccc(C(=O)O)c1O.Cl. The molecule has 1 aromatic carbocycles. The monoisotopic (exact) mass is 235 g/mol. The minimum Gasteiger partial charge on any atom is -0.507 e. The van der Waals surface area contributed by atoms with Crippen LogP contribution in [-0.2, 0) is 0 Å². The molecule has 0 amide bonds. The fourth-order valence-electron chi connectivity index (χ4n) is 1.19. The molecule has 15 heavy (non-hydrogen) atoms. The van der Waals surface area contributed by atoms with Gasteiger partial charge in [0.05, 0.1) is 0 Å². The molecule has 0 aromatic heterocycles. The fraction of sp³-hybridized carbons (Fsp3) is 0.222. The maximum atomic E-state index is 13.1. The van der Waals surface area contributed by atoms with Crippen LogP contribution in [-0.4, -0.2) is 16.2 Å². The minimum absolute atomic E-state index is 0. The van der Waals surface area contributed by atoms with E-state index in [1.54, 1.807) is 0 Å². The first-order valence-corrected chi connectivity index (χ1v) is 3.95. The van der Waals surface area contributed by atoms with Gasteiger partial charge in [-0.3, -0.25) is 0 Å². The molecular formula is C9H11ClFNO3. The molecule has 0 heterocycles. The summed E-state index contributed by atoms with van der Waals surface area (Å²) in [4.78, 5) is 10.6. The Hall–Kier alpha value is -1.33. The van der Waals surface area contributed by atoms with E-state index in [0.29, 0.717) is 0 Å². The highest BCUT2D eigenvalue weighted by Crippen LogP contribution is 2.29. The van der Waals surface area contributed by atoms with E-state index in [2.05, 4.69) is 0 Å². The van der Waals surface area contributed by atoms with Gasteiger partial charge in [-0.25, -0.2) is 9.18 Å². The molecule has 1 aromatic rings. The molecule has 84 valence electrons. The number of aromatic carboxylic acids is 1. The molecular weight excluding hydrogens is 225 g/mol. The molecule has 0 saturated carbocycles. The Morgan fingerprint density at radius 1 is 1.53 bits per heavy atom. The lowest BCUT2D eigenvalue weighted by Crippen LogP contribution is -2.10. The van der Waals surface area contributed by atoms with Crippen LogP contribution >= 0.6 is 12.4 Å². The van der Waals surface area contributed by atoms with Gasteiger partial charge in [0, 0.05) is 11.6 Å². The molecule has 0 unspecified atom stereocenters. The van der Waals surface area contributed by atoms with Crippen LogP contribution in [0.4, 0.5) is 4.39 Å². The summed E-state index contributed by atoms with van der Waals surface area (Å²) in [6.07, 6.45) is 0. The normalized spacial score (nSPS) is 11.7. The van der Waals surface area contributed by atoms with Crippen molar-refractivity contribution in [2.75, 3.05) is 0 Å². The number of carboxylic acids is 1. The van der Waals surface area contributed by atoms with Crippen molar-refractivity contribution in [1.29, 1.82) is 0 Å². The summed E-state index contributed by atoms with van der Waals surface area (Å²) in [6.45, 7) is 1.46. The van der Waals surface area contributed by atoms with Crippen molar-refractivity contribution in [2.24, 2.45) is 5.73 Å². The van der Waals surface area contributed by atoms with Gasteiger partial charge < -0.3 is 15.9 Å². The van der Waals surface area contributed by atoms with Gasteiger partial charge in [-0.15, -0.1) is 12.4 Å². The predicted molar refractivity (Wildman–Crippen MR) is 54.9 cm³/mol. The number of halogens is 2. The lowest BCUT2D eigenvalue weighted by molar-refractivity contribution is 0.0693. The fourth-order valence-corrected chi connectivity index (χ4v) is 1.19. The van der Waals surface area contributed by atoms with Gasteiger partial charge >= 0.3 is 5.97 Å². The quantitative estimate of drug-likeness (QED) is 0.728. The van der Waals surface area contributed by atoms with E-state index in [1.165, 1.54) is 6.92 Å². The number of hydrogen-bond acceptors (Lipinski definition) is 3. The molecule has 6 heteroatoms. The Kier molecular flexibility index (Phi) is 4.51. The predicted octanol–water partition coefficient (Wildman–Crippen LogP) is 1.67. The molecule has 1 rings (SSSR count). The second-order valence-corrected chi connectivity index (χ2v) is 2.95. The van der Waals surface area contributed by atoms with E-state index in [0.717, 1.165) is 12.1 Å². The number of benzene rings is 1. The van der Waals surface area contributed by atoms with Crippen LogP contribution < -0.4 is 5.73 Å². The smallest absolute Gasteiger partial charge is 0.339 e. The third-order valence-electron chi connectivity index (χ3n) is 1.85. The van der Waals surface area contributed by atoms with E-state index in [-0.39, 0.29) is 23.5 Å². The van der Waals surface area contributed by atoms with Crippen molar-refractivity contribution in [3.63, 3.8) is 0 Å². The van der Waals surface area contributed by atoms with Gasteiger partial charge in [-0.1, -0.05) is 0 Å². The van der Waals surface area contributed by atoms with Gasteiger partial charge in [0.25, 0.3) is 0 Å². The van der Waals surface area contributed by atoms with E-state index in [1.807, 2.05) is 0 Å². The van der Waals surface area contributed by atoms with Gasteiger partial charge in [0.15, 0.2) is 0 Å². The average molecular weight is 236 g/mol. The van der Waals surface area contributed by atoms with Crippen molar-refractivity contribution in [3.05, 3.63) is 29.1 Å². The van der Waals surface area contributed by atoms with E-state index < -0.39 is 23.6 Å². The number of hydrogen-bond donors (Lipinski definition) is 3. The summed E-state index contributed by atoms with van der Waals surface area (Å²) in [6, 6.07) is 1.22. The molecule has 0 aliphatic heterocycles. The van der Waals surface area contributed by atoms with Gasteiger partial charge in [-0.2, -0.15) is 0 Å². The summed E-state index contributed by atoms with van der Waals surface area (Å²) >= 11 is 0. The topological polar surface area (TPSA) is 83.6 Å². The molecule has 4 nitrogen and oxygen atoms in total. The van der Waals surface area contributed by atoms with Crippen LogP contribution in [0.15, 0.2) is 12.1 Å². The molecule has 0 spiro atoms. The first-order chi connectivity index (χ1) is 6.45. The standard InChI is InChI=1S/C9H10FNO3.ClH/c1-4(11)7-6(10)3-2-5(8(7)12)9(13)14;/h2-4,12H,11H2,1H3,(H,13,14);1H/t4-;/m1./s1. The molecule has 4 N–H and O–H groups in total. The number of rotatable bonds is 2. The zero-order valence-corrected chi connectivity index (χ0v) is 8.71. The highest BCUT2D eigenvalue weighted by molar-refractivity contribution is 5.91. The Labute approximate surface area is 91.9 Å². The highest BCUT2D eigenvalue weighted by Gasteiger charge is 2.19. The molecule has 0 saturated heterocycles. The Balaban J connectivity index is 0.00000196. The van der Waals surface area contributed by atoms with Crippen molar-refractivity contribution in [1.82, 2.24) is 0 Å². The van der Waals surface area contributed by atoms with Crippen LogP contribution in [0.25, 0.3) is 0 Å². The number of phenols is 1. The van der Waals surface area contributed by atoms with Gasteiger partial charge in [0.2, 0.25) is 0 Å². The van der Waals surface area contributed by atoms with Crippen molar-refractivity contribution in [3.8, 4) is 5.75 Å². The summed E-state index contributed by atoms with van der Waals surface area (Å²) in [5.41, 5.74) is 4.87. The summed E-state index contributed by atoms with van der Waals surface area (Å²) in [5, 5.41) is 18.0. The molecule has 1 atom stereocenters. The first-order valence-electron chi connectivity index (χ1n) is 3.95. The highest BCUT2D eigenvalue weighted by atomic mass is 35.5. The largest absolute Gasteiger partial charge is 0.507 e. The van der Waals surface area contributed by atoms with Crippen molar-refractivity contribution in [2.45, 2.75) is 13.0 Å². The average Bonchev–Trinajstić information content (AvgIpc) is 2.02. The van der Waals surface area contributed by atoms with Crippen molar-refractivity contribution >= 4 is 18.4 Å². The lowest BCUT2D eigenvalue weighted by Gasteiger charge is -2.11. The molecule has 0 aliphatic carbocycles. The number of nitrogens with two attached hydrogens (primary N) is 1. The van der Waals surface area contributed by atoms with Gasteiger partial charge in [0.1, 0.15) is 17.1 Å². The molecule has 0 bridgehead atoms. The third-order valence-corrected chi connectivity index (χ3v) is 1.85. The Morgan fingerprint density at radius 2 is 2.07 bits per heavy atom. The van der Waals surface area contributed by atoms with Crippen LogP contribution in [0.1, 0.15) is 28.9 Å². The Bertz CT molecular complexity index is 382. The van der Waals surface area contributed by atoms with E-state index in [9.17, 15) is 14.3 Å². The summed E-state index contributed by atoms with van der Waals surface area (Å²) in [7, 11) is 0. The second kappa shape index (κ2) is 4.95. The maximum Gasteiger partial charge on any atom is 0.339 e. The molecule has 0 aliphatic rings. The number of carboxylic acid groups (broad SMARTS) is 1. The molecule has 0 radical (unpaired) electrons.